The Morgan fingerprint density at radius 1 is 0.933 bits per heavy atom. The summed E-state index contributed by atoms with van der Waals surface area (Å²) in [6, 6.07) is 0. The van der Waals surface area contributed by atoms with Crippen LogP contribution < -0.4 is 5.32 Å². The van der Waals surface area contributed by atoms with Gasteiger partial charge in [0.15, 0.2) is 0 Å². The average molecular weight is 213 g/mol. The zero-order chi connectivity index (χ0) is 11.5. The molecule has 1 nitrogen and oxygen atoms in total. The van der Waals surface area contributed by atoms with Gasteiger partial charge in [0.05, 0.1) is 0 Å². The second-order valence-corrected chi connectivity index (χ2v) is 5.12. The van der Waals surface area contributed by atoms with Crippen LogP contribution in [-0.2, 0) is 0 Å². The van der Waals surface area contributed by atoms with Crippen molar-refractivity contribution in [2.24, 2.45) is 11.8 Å². The Bertz CT molecular complexity index is 121. The van der Waals surface area contributed by atoms with Crippen LogP contribution in [-0.4, -0.2) is 13.6 Å². The van der Waals surface area contributed by atoms with E-state index in [2.05, 4.69) is 33.1 Å². The monoisotopic (exact) mass is 213 g/mol. The third kappa shape index (κ3) is 8.92. The summed E-state index contributed by atoms with van der Waals surface area (Å²) < 4.78 is 0. The highest BCUT2D eigenvalue weighted by Crippen LogP contribution is 2.18. The molecule has 1 heteroatoms. The summed E-state index contributed by atoms with van der Waals surface area (Å²) in [7, 11) is 2.07. The Kier molecular flexibility index (Phi) is 10.4. The molecule has 15 heavy (non-hydrogen) atoms. The van der Waals surface area contributed by atoms with Gasteiger partial charge in [-0.25, -0.2) is 0 Å². The fourth-order valence-corrected chi connectivity index (χ4v) is 2.12. The van der Waals surface area contributed by atoms with Crippen LogP contribution in [0.1, 0.15) is 65.7 Å². The number of rotatable bonds is 10. The first-order valence-corrected chi connectivity index (χ1v) is 6.87. The summed E-state index contributed by atoms with van der Waals surface area (Å²) in [6.07, 6.45) is 9.93. The summed E-state index contributed by atoms with van der Waals surface area (Å²) in [5.74, 6) is 1.70. The molecule has 0 amide bonds. The maximum atomic E-state index is 3.31. The van der Waals surface area contributed by atoms with E-state index in [1.807, 2.05) is 0 Å². The molecule has 0 heterocycles. The van der Waals surface area contributed by atoms with Crippen molar-refractivity contribution in [2.45, 2.75) is 65.7 Å². The summed E-state index contributed by atoms with van der Waals surface area (Å²) in [4.78, 5) is 0. The fraction of sp³-hybridized carbons (Fsp3) is 1.00. The zero-order valence-electron chi connectivity index (χ0n) is 11.3. The molecular formula is C14H31N. The van der Waals surface area contributed by atoms with Gasteiger partial charge < -0.3 is 5.32 Å². The maximum Gasteiger partial charge on any atom is -0.00211 e. The molecule has 0 aliphatic heterocycles. The number of hydrogen-bond acceptors (Lipinski definition) is 1. The Hall–Kier alpha value is -0.0400. The van der Waals surface area contributed by atoms with E-state index in [9.17, 15) is 0 Å². The first kappa shape index (κ1) is 15.0. The SMILES string of the molecule is CCCCCCCCC(CNC)C(C)C. The number of nitrogens with one attached hydrogen (secondary N) is 1. The molecule has 0 fully saturated rings. The summed E-state index contributed by atoms with van der Waals surface area (Å²) in [5.41, 5.74) is 0. The summed E-state index contributed by atoms with van der Waals surface area (Å²) in [5, 5.41) is 3.31. The third-order valence-corrected chi connectivity index (χ3v) is 3.34. The van der Waals surface area contributed by atoms with Gasteiger partial charge in [-0.15, -0.1) is 0 Å². The third-order valence-electron chi connectivity index (χ3n) is 3.34. The van der Waals surface area contributed by atoms with Gasteiger partial charge >= 0.3 is 0 Å². The van der Waals surface area contributed by atoms with E-state index >= 15 is 0 Å². The maximum absolute atomic E-state index is 3.31. The van der Waals surface area contributed by atoms with Crippen LogP contribution in [0.3, 0.4) is 0 Å². The van der Waals surface area contributed by atoms with Crippen LogP contribution in [0.25, 0.3) is 0 Å². The van der Waals surface area contributed by atoms with Crippen LogP contribution in [0.4, 0.5) is 0 Å². The molecule has 0 aromatic rings. The van der Waals surface area contributed by atoms with Gasteiger partial charge in [-0.05, 0) is 31.8 Å². The smallest absolute Gasteiger partial charge is 0.00211 e. The molecule has 0 aromatic heterocycles. The first-order chi connectivity index (χ1) is 7.22. The molecule has 0 spiro atoms. The van der Waals surface area contributed by atoms with Gasteiger partial charge in [0.25, 0.3) is 0 Å². The fourth-order valence-electron chi connectivity index (χ4n) is 2.12. The second-order valence-electron chi connectivity index (χ2n) is 5.12. The summed E-state index contributed by atoms with van der Waals surface area (Å²) >= 11 is 0. The molecule has 0 bridgehead atoms. The van der Waals surface area contributed by atoms with Gasteiger partial charge in [0.2, 0.25) is 0 Å². The number of hydrogen-bond donors (Lipinski definition) is 1. The second kappa shape index (κ2) is 10.5. The normalized spacial score (nSPS) is 13.4. The first-order valence-electron chi connectivity index (χ1n) is 6.87. The van der Waals surface area contributed by atoms with Crippen molar-refractivity contribution in [3.63, 3.8) is 0 Å². The number of unbranched alkanes of at least 4 members (excludes halogenated alkanes) is 5. The van der Waals surface area contributed by atoms with Gasteiger partial charge in [-0.3, -0.25) is 0 Å². The average Bonchev–Trinajstić information content (AvgIpc) is 2.21. The molecule has 1 unspecified atom stereocenters. The van der Waals surface area contributed by atoms with E-state index in [0.717, 1.165) is 11.8 Å². The summed E-state index contributed by atoms with van der Waals surface area (Å²) in [6.45, 7) is 8.16. The molecular weight excluding hydrogens is 182 g/mol. The zero-order valence-corrected chi connectivity index (χ0v) is 11.3. The standard InChI is InChI=1S/C14H31N/c1-5-6-7-8-9-10-11-14(12-15-4)13(2)3/h13-15H,5-12H2,1-4H3. The lowest BCUT2D eigenvalue weighted by Gasteiger charge is -2.20. The minimum Gasteiger partial charge on any atom is -0.319 e. The molecule has 1 atom stereocenters. The van der Waals surface area contributed by atoms with Gasteiger partial charge in [0, 0.05) is 0 Å². The predicted molar refractivity (Wildman–Crippen MR) is 70.2 cm³/mol. The molecule has 0 aromatic carbocycles. The van der Waals surface area contributed by atoms with E-state index in [4.69, 9.17) is 0 Å². The lowest BCUT2D eigenvalue weighted by molar-refractivity contribution is 0.336. The van der Waals surface area contributed by atoms with Crippen molar-refractivity contribution in [3.05, 3.63) is 0 Å². The van der Waals surface area contributed by atoms with Crippen LogP contribution >= 0.6 is 0 Å². The van der Waals surface area contributed by atoms with E-state index in [1.54, 1.807) is 0 Å². The van der Waals surface area contributed by atoms with Crippen molar-refractivity contribution >= 4 is 0 Å². The minimum atomic E-state index is 0.827. The molecule has 0 rings (SSSR count). The highest BCUT2D eigenvalue weighted by molar-refractivity contribution is 4.65. The molecule has 0 radical (unpaired) electrons. The van der Waals surface area contributed by atoms with Crippen molar-refractivity contribution in [3.8, 4) is 0 Å². The van der Waals surface area contributed by atoms with Crippen molar-refractivity contribution < 1.29 is 0 Å². The van der Waals surface area contributed by atoms with E-state index in [-0.39, 0.29) is 0 Å². The van der Waals surface area contributed by atoms with Crippen LogP contribution in [0.5, 0.6) is 0 Å². The van der Waals surface area contributed by atoms with Crippen LogP contribution in [0.15, 0.2) is 0 Å². The van der Waals surface area contributed by atoms with Crippen LogP contribution in [0.2, 0.25) is 0 Å². The largest absolute Gasteiger partial charge is 0.319 e. The van der Waals surface area contributed by atoms with E-state index < -0.39 is 0 Å². The molecule has 92 valence electrons. The predicted octanol–water partition coefficient (Wildman–Crippen LogP) is 4.23. The van der Waals surface area contributed by atoms with Gasteiger partial charge in [-0.2, -0.15) is 0 Å². The topological polar surface area (TPSA) is 12.0 Å². The lowest BCUT2D eigenvalue weighted by atomic mass is 9.90. The Labute approximate surface area is 97.0 Å². The van der Waals surface area contributed by atoms with Crippen molar-refractivity contribution in [1.82, 2.24) is 5.32 Å². The quantitative estimate of drug-likeness (QED) is 0.536. The minimum absolute atomic E-state index is 0.827. The van der Waals surface area contributed by atoms with E-state index in [0.29, 0.717) is 0 Å². The Balaban J connectivity index is 3.37. The Morgan fingerprint density at radius 3 is 2.07 bits per heavy atom. The van der Waals surface area contributed by atoms with Gasteiger partial charge in [-0.1, -0.05) is 59.3 Å². The van der Waals surface area contributed by atoms with Crippen molar-refractivity contribution in [2.75, 3.05) is 13.6 Å². The molecule has 0 aliphatic rings. The highest BCUT2D eigenvalue weighted by atomic mass is 14.8. The van der Waals surface area contributed by atoms with E-state index in [1.165, 1.54) is 51.5 Å². The molecule has 1 N–H and O–H groups in total. The van der Waals surface area contributed by atoms with Crippen LogP contribution in [0, 0.1) is 11.8 Å². The molecule has 0 saturated heterocycles. The lowest BCUT2D eigenvalue weighted by Crippen LogP contribution is -2.23. The van der Waals surface area contributed by atoms with Gasteiger partial charge in [0.1, 0.15) is 0 Å². The Morgan fingerprint density at radius 2 is 1.53 bits per heavy atom. The molecule has 0 aliphatic carbocycles. The van der Waals surface area contributed by atoms with Crippen molar-refractivity contribution in [1.29, 1.82) is 0 Å². The molecule has 0 saturated carbocycles. The highest BCUT2D eigenvalue weighted by Gasteiger charge is 2.11.